The zero-order valence-electron chi connectivity index (χ0n) is 13.9. The number of carbonyl (C=O) groups excluding carboxylic acids is 1. The number of nitrogens with one attached hydrogen (secondary N) is 1. The van der Waals surface area contributed by atoms with Crippen LogP contribution in [-0.2, 0) is 6.42 Å². The fraction of sp³-hybridized carbons (Fsp3) is 0.227. The smallest absolute Gasteiger partial charge is 0.256 e. The van der Waals surface area contributed by atoms with E-state index >= 15 is 0 Å². The van der Waals surface area contributed by atoms with E-state index in [0.29, 0.717) is 5.56 Å². The second kappa shape index (κ2) is 7.66. The van der Waals surface area contributed by atoms with Crippen LogP contribution in [0.25, 0.3) is 5.70 Å². The molecule has 0 saturated heterocycles. The Morgan fingerprint density at radius 1 is 1.00 bits per heavy atom. The number of hydrogen-bond acceptors (Lipinski definition) is 1. The lowest BCUT2D eigenvalue weighted by atomic mass is 10.1. The van der Waals surface area contributed by atoms with E-state index in [1.165, 1.54) is 24.8 Å². The summed E-state index contributed by atoms with van der Waals surface area (Å²) in [7, 11) is 0. The standard InChI is InChI=1S/C22H21NO/c1-2-3-4-8-17-13-15-18(16-14-17)9-7-12-21-19-10-5-6-11-20(19)22(24)23-21/h5-6,10-16H,2-4,8H2,1H3,(H,23,24)/b21-12-. The average Bonchev–Trinajstić information content (AvgIpc) is 2.93. The Morgan fingerprint density at radius 2 is 1.75 bits per heavy atom. The van der Waals surface area contributed by atoms with Crippen molar-refractivity contribution in [2.75, 3.05) is 0 Å². The van der Waals surface area contributed by atoms with Gasteiger partial charge in [0.1, 0.15) is 0 Å². The molecule has 2 heteroatoms. The number of unbranched alkanes of at least 4 members (excludes halogenated alkanes) is 2. The molecule has 3 rings (SSSR count). The predicted molar refractivity (Wildman–Crippen MR) is 98.4 cm³/mol. The molecular formula is C22H21NO. The lowest BCUT2D eigenvalue weighted by Crippen LogP contribution is -2.11. The van der Waals surface area contributed by atoms with Crippen LogP contribution in [0.2, 0.25) is 0 Å². The summed E-state index contributed by atoms with van der Waals surface area (Å²) in [6, 6.07) is 16.0. The summed E-state index contributed by atoms with van der Waals surface area (Å²) in [6.07, 6.45) is 6.68. The molecule has 0 atom stereocenters. The van der Waals surface area contributed by atoms with E-state index in [9.17, 15) is 4.79 Å². The maximum atomic E-state index is 11.9. The Hall–Kier alpha value is -2.79. The van der Waals surface area contributed by atoms with E-state index in [2.05, 4.69) is 48.3 Å². The molecule has 1 aliphatic heterocycles. The fourth-order valence-electron chi connectivity index (χ4n) is 2.81. The maximum Gasteiger partial charge on any atom is 0.256 e. The quantitative estimate of drug-likeness (QED) is 0.650. The Morgan fingerprint density at radius 3 is 2.50 bits per heavy atom. The topological polar surface area (TPSA) is 29.1 Å². The Balaban J connectivity index is 1.69. The van der Waals surface area contributed by atoms with Gasteiger partial charge in [-0.3, -0.25) is 4.79 Å². The van der Waals surface area contributed by atoms with E-state index in [1.807, 2.05) is 24.3 Å². The predicted octanol–water partition coefficient (Wildman–Crippen LogP) is 4.56. The van der Waals surface area contributed by atoms with Crippen molar-refractivity contribution in [3.63, 3.8) is 0 Å². The second-order valence-electron chi connectivity index (χ2n) is 5.98. The third kappa shape index (κ3) is 3.75. The summed E-state index contributed by atoms with van der Waals surface area (Å²) in [6.45, 7) is 2.22. The maximum absolute atomic E-state index is 11.9. The number of amides is 1. The minimum absolute atomic E-state index is 0.0601. The third-order valence-electron chi connectivity index (χ3n) is 4.17. The van der Waals surface area contributed by atoms with Gasteiger partial charge in [-0.25, -0.2) is 0 Å². The number of rotatable bonds is 4. The zero-order chi connectivity index (χ0) is 16.8. The molecule has 2 aromatic rings. The molecule has 0 radical (unpaired) electrons. The first kappa shape index (κ1) is 16.1. The highest BCUT2D eigenvalue weighted by Gasteiger charge is 2.21. The summed E-state index contributed by atoms with van der Waals surface area (Å²) in [5.74, 6) is 6.12. The van der Waals surface area contributed by atoms with Crippen LogP contribution < -0.4 is 5.32 Å². The van der Waals surface area contributed by atoms with Crippen LogP contribution in [0.4, 0.5) is 0 Å². The lowest BCUT2D eigenvalue weighted by Gasteiger charge is -2.00. The van der Waals surface area contributed by atoms with Crippen LogP contribution >= 0.6 is 0 Å². The Bertz CT molecular complexity index is 819. The van der Waals surface area contributed by atoms with Gasteiger partial charge in [0.2, 0.25) is 0 Å². The van der Waals surface area contributed by atoms with Crippen LogP contribution in [0.5, 0.6) is 0 Å². The van der Waals surface area contributed by atoms with Crippen LogP contribution in [0.15, 0.2) is 54.6 Å². The minimum Gasteiger partial charge on any atom is -0.321 e. The number of hydrogen-bond donors (Lipinski definition) is 1. The van der Waals surface area contributed by atoms with Gasteiger partial charge in [0.25, 0.3) is 5.91 Å². The van der Waals surface area contributed by atoms with Crippen molar-refractivity contribution in [1.29, 1.82) is 0 Å². The van der Waals surface area contributed by atoms with Crippen LogP contribution in [0.1, 0.15) is 53.2 Å². The molecule has 1 heterocycles. The highest BCUT2D eigenvalue weighted by Crippen LogP contribution is 2.23. The molecule has 120 valence electrons. The van der Waals surface area contributed by atoms with Gasteiger partial charge >= 0.3 is 0 Å². The molecule has 0 unspecified atom stereocenters. The van der Waals surface area contributed by atoms with Gasteiger partial charge in [-0.2, -0.15) is 0 Å². The molecule has 0 aliphatic carbocycles. The van der Waals surface area contributed by atoms with Crippen LogP contribution in [0.3, 0.4) is 0 Å². The van der Waals surface area contributed by atoms with Crippen molar-refractivity contribution in [1.82, 2.24) is 5.32 Å². The number of allylic oxidation sites excluding steroid dienone is 1. The molecule has 0 fully saturated rings. The van der Waals surface area contributed by atoms with Crippen molar-refractivity contribution in [3.8, 4) is 11.8 Å². The van der Waals surface area contributed by atoms with Gasteiger partial charge < -0.3 is 5.32 Å². The molecule has 0 saturated carbocycles. The number of benzene rings is 2. The van der Waals surface area contributed by atoms with E-state index in [4.69, 9.17) is 0 Å². The molecule has 2 aromatic carbocycles. The minimum atomic E-state index is -0.0601. The zero-order valence-corrected chi connectivity index (χ0v) is 13.9. The molecular weight excluding hydrogens is 294 g/mol. The highest BCUT2D eigenvalue weighted by atomic mass is 16.1. The monoisotopic (exact) mass is 315 g/mol. The van der Waals surface area contributed by atoms with Crippen molar-refractivity contribution in [2.24, 2.45) is 0 Å². The molecule has 0 bridgehead atoms. The van der Waals surface area contributed by atoms with E-state index in [1.54, 1.807) is 6.08 Å². The van der Waals surface area contributed by atoms with Crippen molar-refractivity contribution in [2.45, 2.75) is 32.6 Å². The summed E-state index contributed by atoms with van der Waals surface area (Å²) in [4.78, 5) is 11.9. The van der Waals surface area contributed by atoms with Crippen molar-refractivity contribution < 1.29 is 4.79 Å². The molecule has 1 N–H and O–H groups in total. The third-order valence-corrected chi connectivity index (χ3v) is 4.17. The summed E-state index contributed by atoms with van der Waals surface area (Å²) < 4.78 is 0. The van der Waals surface area contributed by atoms with Gasteiger partial charge in [-0.15, -0.1) is 0 Å². The first-order valence-electron chi connectivity index (χ1n) is 8.49. The van der Waals surface area contributed by atoms with Gasteiger partial charge in [0.15, 0.2) is 0 Å². The summed E-state index contributed by atoms with van der Waals surface area (Å²) >= 11 is 0. The van der Waals surface area contributed by atoms with E-state index in [0.717, 1.165) is 23.2 Å². The highest BCUT2D eigenvalue weighted by molar-refractivity contribution is 6.09. The Labute approximate surface area is 143 Å². The second-order valence-corrected chi connectivity index (χ2v) is 5.98. The first-order chi connectivity index (χ1) is 11.8. The van der Waals surface area contributed by atoms with Gasteiger partial charge in [-0.05, 0) is 36.6 Å². The summed E-state index contributed by atoms with van der Waals surface area (Å²) in [5.41, 5.74) is 4.76. The van der Waals surface area contributed by atoms with Crippen LogP contribution in [0, 0.1) is 11.8 Å². The first-order valence-corrected chi connectivity index (χ1v) is 8.49. The molecule has 2 nitrogen and oxygen atoms in total. The van der Waals surface area contributed by atoms with Gasteiger partial charge in [-0.1, -0.05) is 61.9 Å². The van der Waals surface area contributed by atoms with Crippen LogP contribution in [-0.4, -0.2) is 5.91 Å². The molecule has 0 spiro atoms. The molecule has 24 heavy (non-hydrogen) atoms. The average molecular weight is 315 g/mol. The van der Waals surface area contributed by atoms with E-state index < -0.39 is 0 Å². The van der Waals surface area contributed by atoms with Crippen molar-refractivity contribution in [3.05, 3.63) is 76.9 Å². The number of fused-ring (bicyclic) bond motifs is 1. The van der Waals surface area contributed by atoms with Gasteiger partial charge in [0.05, 0.1) is 5.70 Å². The number of carbonyl (C=O) groups is 1. The summed E-state index contributed by atoms with van der Waals surface area (Å²) in [5, 5.41) is 2.86. The largest absolute Gasteiger partial charge is 0.321 e. The van der Waals surface area contributed by atoms with Crippen molar-refractivity contribution >= 4 is 11.6 Å². The van der Waals surface area contributed by atoms with E-state index in [-0.39, 0.29) is 5.91 Å². The fourth-order valence-corrected chi connectivity index (χ4v) is 2.81. The number of aryl methyl sites for hydroxylation is 1. The SMILES string of the molecule is CCCCCc1ccc(C#C/C=C2\NC(=O)c3ccccc32)cc1. The molecule has 1 aliphatic rings. The Kier molecular flexibility index (Phi) is 5.13. The van der Waals surface area contributed by atoms with Gasteiger partial charge in [0, 0.05) is 22.8 Å². The lowest BCUT2D eigenvalue weighted by molar-refractivity contribution is 0.0981. The normalized spacial score (nSPS) is 14.0. The molecule has 0 aromatic heterocycles. The molecule has 1 amide bonds.